The predicted molar refractivity (Wildman–Crippen MR) is 111 cm³/mol. The van der Waals surface area contributed by atoms with E-state index in [0.29, 0.717) is 32.4 Å². The SMILES string of the molecule is N#Cc1cnc2ccc(/C=C3/SC(=NCc4ccc(F)c(Cl)c4)NC3=O)nc2c1. The highest BCUT2D eigenvalue weighted by Gasteiger charge is 2.23. The predicted octanol–water partition coefficient (Wildman–Crippen LogP) is 4.05. The first kappa shape index (κ1) is 19.1. The Kier molecular flexibility index (Phi) is 5.25. The van der Waals surface area contributed by atoms with Crippen molar-refractivity contribution in [3.63, 3.8) is 0 Å². The van der Waals surface area contributed by atoms with Gasteiger partial charge in [-0.3, -0.25) is 14.8 Å². The van der Waals surface area contributed by atoms with E-state index >= 15 is 0 Å². The van der Waals surface area contributed by atoms with E-state index < -0.39 is 5.82 Å². The summed E-state index contributed by atoms with van der Waals surface area (Å²) < 4.78 is 13.2. The fraction of sp³-hybridized carbons (Fsp3) is 0.0500. The molecule has 0 atom stereocenters. The molecule has 9 heteroatoms. The van der Waals surface area contributed by atoms with Crippen molar-refractivity contribution >= 4 is 51.5 Å². The Hall–Kier alpha value is -3.28. The van der Waals surface area contributed by atoms with Gasteiger partial charge in [-0.15, -0.1) is 0 Å². The first-order valence-corrected chi connectivity index (χ1v) is 9.57. The number of carbonyl (C=O) groups excluding carboxylic acids is 1. The Morgan fingerprint density at radius 3 is 2.93 bits per heavy atom. The van der Waals surface area contributed by atoms with Crippen molar-refractivity contribution in [3.8, 4) is 6.07 Å². The number of aromatic nitrogens is 2. The number of carbonyl (C=O) groups is 1. The van der Waals surface area contributed by atoms with Crippen LogP contribution in [0.4, 0.5) is 4.39 Å². The lowest BCUT2D eigenvalue weighted by atomic mass is 10.2. The van der Waals surface area contributed by atoms with E-state index in [9.17, 15) is 9.18 Å². The zero-order chi connectivity index (χ0) is 20.4. The number of nitrogens with one attached hydrogen (secondary N) is 1. The molecule has 1 aliphatic heterocycles. The van der Waals surface area contributed by atoms with E-state index in [1.165, 1.54) is 30.1 Å². The maximum atomic E-state index is 13.2. The molecule has 1 fully saturated rings. The molecule has 4 rings (SSSR count). The van der Waals surface area contributed by atoms with Gasteiger partial charge < -0.3 is 5.32 Å². The third kappa shape index (κ3) is 4.26. The van der Waals surface area contributed by atoms with E-state index in [2.05, 4.69) is 20.3 Å². The quantitative estimate of drug-likeness (QED) is 0.641. The molecule has 2 aromatic heterocycles. The Balaban J connectivity index is 1.54. The maximum Gasteiger partial charge on any atom is 0.264 e. The molecule has 6 nitrogen and oxygen atoms in total. The lowest BCUT2D eigenvalue weighted by molar-refractivity contribution is -0.115. The van der Waals surface area contributed by atoms with Gasteiger partial charge in [0, 0.05) is 6.20 Å². The van der Waals surface area contributed by atoms with Crippen LogP contribution in [0.25, 0.3) is 17.1 Å². The summed E-state index contributed by atoms with van der Waals surface area (Å²) in [5.41, 5.74) is 2.95. The summed E-state index contributed by atoms with van der Waals surface area (Å²) in [7, 11) is 0. The highest BCUT2D eigenvalue weighted by Crippen LogP contribution is 2.26. The van der Waals surface area contributed by atoms with Crippen LogP contribution in [0.3, 0.4) is 0 Å². The van der Waals surface area contributed by atoms with Gasteiger partial charge in [-0.2, -0.15) is 5.26 Å². The number of nitrogens with zero attached hydrogens (tertiary/aromatic N) is 4. The molecular formula is C20H11ClFN5OS. The van der Waals surface area contributed by atoms with E-state index in [0.717, 1.165) is 5.56 Å². The summed E-state index contributed by atoms with van der Waals surface area (Å²) in [6, 6.07) is 11.6. The number of amides is 1. The second-order valence-electron chi connectivity index (χ2n) is 6.04. The van der Waals surface area contributed by atoms with Gasteiger partial charge in [0.1, 0.15) is 11.9 Å². The summed E-state index contributed by atoms with van der Waals surface area (Å²) in [5, 5.41) is 12.2. The third-order valence-electron chi connectivity index (χ3n) is 4.01. The Bertz CT molecular complexity index is 1250. The average Bonchev–Trinajstić information content (AvgIpc) is 3.07. The minimum Gasteiger partial charge on any atom is -0.301 e. The standard InChI is InChI=1S/C20H11ClFN5OS/c21-14-5-11(1-3-15(14)22)9-25-20-27-19(28)18(29-20)7-13-2-4-16-17(26-13)6-12(8-23)10-24-16/h1-7,10H,9H2,(H,25,27,28)/b18-7+. The van der Waals surface area contributed by atoms with E-state index in [1.54, 1.807) is 30.3 Å². The van der Waals surface area contributed by atoms with E-state index in [1.807, 2.05) is 6.07 Å². The normalized spacial score (nSPS) is 16.4. The van der Waals surface area contributed by atoms with Crippen molar-refractivity contribution in [1.29, 1.82) is 5.26 Å². The van der Waals surface area contributed by atoms with Crippen LogP contribution in [0.1, 0.15) is 16.8 Å². The zero-order valence-corrected chi connectivity index (χ0v) is 16.3. The van der Waals surface area contributed by atoms with Gasteiger partial charge in [0.2, 0.25) is 0 Å². The van der Waals surface area contributed by atoms with Crippen molar-refractivity contribution in [2.24, 2.45) is 4.99 Å². The number of hydrogen-bond acceptors (Lipinski definition) is 6. The summed E-state index contributed by atoms with van der Waals surface area (Å²) in [5.74, 6) is -0.770. The first-order valence-electron chi connectivity index (χ1n) is 8.38. The fourth-order valence-corrected chi connectivity index (χ4v) is 3.61. The average molecular weight is 424 g/mol. The lowest BCUT2D eigenvalue weighted by Crippen LogP contribution is -2.19. The molecule has 0 aliphatic carbocycles. The number of aliphatic imine (C=N–C) groups is 1. The molecule has 142 valence electrons. The number of amidine groups is 1. The number of hydrogen-bond donors (Lipinski definition) is 1. The molecule has 1 amide bonds. The van der Waals surface area contributed by atoms with Gasteiger partial charge in [0.25, 0.3) is 5.91 Å². The van der Waals surface area contributed by atoms with Crippen molar-refractivity contribution in [3.05, 3.63) is 75.2 Å². The molecule has 1 saturated heterocycles. The van der Waals surface area contributed by atoms with Crippen LogP contribution in [0.15, 0.2) is 52.5 Å². The van der Waals surface area contributed by atoms with Gasteiger partial charge in [-0.05, 0) is 53.7 Å². The van der Waals surface area contributed by atoms with Crippen LogP contribution in [0.5, 0.6) is 0 Å². The molecule has 1 N–H and O–H groups in total. The summed E-state index contributed by atoms with van der Waals surface area (Å²) >= 11 is 6.96. The number of nitriles is 1. The number of thioether (sulfide) groups is 1. The highest BCUT2D eigenvalue weighted by molar-refractivity contribution is 8.18. The van der Waals surface area contributed by atoms with Crippen LogP contribution < -0.4 is 5.32 Å². The molecule has 3 heterocycles. The van der Waals surface area contributed by atoms with Crippen LogP contribution in [-0.4, -0.2) is 21.0 Å². The fourth-order valence-electron chi connectivity index (χ4n) is 2.60. The number of pyridine rings is 2. The smallest absolute Gasteiger partial charge is 0.264 e. The zero-order valence-electron chi connectivity index (χ0n) is 14.7. The first-order chi connectivity index (χ1) is 14.0. The molecular weight excluding hydrogens is 413 g/mol. The highest BCUT2D eigenvalue weighted by atomic mass is 35.5. The molecule has 0 radical (unpaired) electrons. The van der Waals surface area contributed by atoms with Crippen molar-refractivity contribution in [2.45, 2.75) is 6.54 Å². The number of benzene rings is 1. The molecule has 0 saturated carbocycles. The number of rotatable bonds is 3. The molecule has 0 bridgehead atoms. The van der Waals surface area contributed by atoms with Crippen molar-refractivity contribution < 1.29 is 9.18 Å². The molecule has 3 aromatic rings. The minimum atomic E-state index is -0.489. The minimum absolute atomic E-state index is 0.0304. The van der Waals surface area contributed by atoms with E-state index in [-0.39, 0.29) is 17.5 Å². The monoisotopic (exact) mass is 423 g/mol. The molecule has 29 heavy (non-hydrogen) atoms. The Morgan fingerprint density at radius 1 is 1.28 bits per heavy atom. The lowest BCUT2D eigenvalue weighted by Gasteiger charge is -2.00. The number of fused-ring (bicyclic) bond motifs is 1. The largest absolute Gasteiger partial charge is 0.301 e. The third-order valence-corrected chi connectivity index (χ3v) is 5.24. The van der Waals surface area contributed by atoms with Crippen LogP contribution in [-0.2, 0) is 11.3 Å². The van der Waals surface area contributed by atoms with E-state index in [4.69, 9.17) is 16.9 Å². The molecule has 0 spiro atoms. The second kappa shape index (κ2) is 7.99. The maximum absolute atomic E-state index is 13.2. The van der Waals surface area contributed by atoms with Crippen molar-refractivity contribution in [2.75, 3.05) is 0 Å². The Morgan fingerprint density at radius 2 is 2.14 bits per heavy atom. The van der Waals surface area contributed by atoms with Gasteiger partial charge in [0.15, 0.2) is 5.17 Å². The van der Waals surface area contributed by atoms with Gasteiger partial charge in [-0.1, -0.05) is 17.7 Å². The number of halogens is 2. The second-order valence-corrected chi connectivity index (χ2v) is 7.48. The topological polar surface area (TPSA) is 91.0 Å². The van der Waals surface area contributed by atoms with Crippen LogP contribution in [0, 0.1) is 17.1 Å². The van der Waals surface area contributed by atoms with Crippen molar-refractivity contribution in [1.82, 2.24) is 15.3 Å². The van der Waals surface area contributed by atoms with Gasteiger partial charge in [0.05, 0.1) is 38.8 Å². The summed E-state index contributed by atoms with van der Waals surface area (Å²) in [4.78, 5) is 25.6. The molecule has 1 aliphatic rings. The molecule has 0 unspecified atom stereocenters. The van der Waals surface area contributed by atoms with Crippen LogP contribution >= 0.6 is 23.4 Å². The summed E-state index contributed by atoms with van der Waals surface area (Å²) in [6.45, 7) is 0.257. The molecule has 1 aromatic carbocycles. The van der Waals surface area contributed by atoms with Crippen LogP contribution in [0.2, 0.25) is 5.02 Å². The Labute approximate surface area is 174 Å². The van der Waals surface area contributed by atoms with Gasteiger partial charge in [-0.25, -0.2) is 9.37 Å². The summed E-state index contributed by atoms with van der Waals surface area (Å²) in [6.07, 6.45) is 3.13. The van der Waals surface area contributed by atoms with Gasteiger partial charge >= 0.3 is 0 Å².